The Bertz CT molecular complexity index is 602. The van der Waals surface area contributed by atoms with Gasteiger partial charge in [0.1, 0.15) is 23.1 Å². The first-order chi connectivity index (χ1) is 10.2. The molecular weight excluding hydrogens is 291 g/mol. The number of carbonyl (C=O) groups is 1. The van der Waals surface area contributed by atoms with Crippen molar-refractivity contribution in [1.82, 2.24) is 0 Å². The van der Waals surface area contributed by atoms with E-state index in [1.54, 1.807) is 6.92 Å². The van der Waals surface area contributed by atoms with Crippen LogP contribution in [0.15, 0.2) is 53.4 Å². The standard InChI is InChI=1S/C16H15FO3S/c1-2-19-16(18)14-10-12(17)8-9-15(14)20-11-21-13-6-4-3-5-7-13/h3-10H,2,11H2,1H3. The summed E-state index contributed by atoms with van der Waals surface area (Å²) in [5.74, 6) is -0.446. The molecule has 0 heterocycles. The van der Waals surface area contributed by atoms with Crippen LogP contribution < -0.4 is 4.74 Å². The van der Waals surface area contributed by atoms with Crippen molar-refractivity contribution in [2.45, 2.75) is 11.8 Å². The third kappa shape index (κ3) is 4.49. The molecule has 0 spiro atoms. The predicted octanol–water partition coefficient (Wildman–Crippen LogP) is 4.13. The first kappa shape index (κ1) is 15.4. The van der Waals surface area contributed by atoms with Crippen LogP contribution in [0.4, 0.5) is 4.39 Å². The summed E-state index contributed by atoms with van der Waals surface area (Å²) < 4.78 is 23.7. The molecule has 0 radical (unpaired) electrons. The molecule has 5 heteroatoms. The number of hydrogen-bond acceptors (Lipinski definition) is 4. The molecule has 0 unspecified atom stereocenters. The summed E-state index contributed by atoms with van der Waals surface area (Å²) in [4.78, 5) is 12.8. The van der Waals surface area contributed by atoms with Gasteiger partial charge in [-0.25, -0.2) is 9.18 Å². The van der Waals surface area contributed by atoms with Gasteiger partial charge in [-0.3, -0.25) is 0 Å². The molecule has 0 amide bonds. The lowest BCUT2D eigenvalue weighted by atomic mass is 10.2. The van der Waals surface area contributed by atoms with Crippen molar-refractivity contribution >= 4 is 17.7 Å². The number of rotatable bonds is 6. The van der Waals surface area contributed by atoms with E-state index in [-0.39, 0.29) is 12.2 Å². The SMILES string of the molecule is CCOC(=O)c1cc(F)ccc1OCSc1ccccc1. The fourth-order valence-corrected chi connectivity index (χ4v) is 2.35. The minimum atomic E-state index is -0.586. The largest absolute Gasteiger partial charge is 0.482 e. The van der Waals surface area contributed by atoms with E-state index in [0.717, 1.165) is 11.0 Å². The number of hydrogen-bond donors (Lipinski definition) is 0. The van der Waals surface area contributed by atoms with Crippen molar-refractivity contribution in [3.63, 3.8) is 0 Å². The highest BCUT2D eigenvalue weighted by Crippen LogP contribution is 2.24. The molecule has 2 aromatic rings. The fraction of sp³-hybridized carbons (Fsp3) is 0.188. The first-order valence-corrected chi connectivity index (χ1v) is 7.46. The zero-order chi connectivity index (χ0) is 15.1. The van der Waals surface area contributed by atoms with Gasteiger partial charge in [0.2, 0.25) is 0 Å². The van der Waals surface area contributed by atoms with Crippen molar-refractivity contribution in [3.8, 4) is 5.75 Å². The first-order valence-electron chi connectivity index (χ1n) is 6.48. The molecule has 21 heavy (non-hydrogen) atoms. The van der Waals surface area contributed by atoms with Crippen LogP contribution in [0.1, 0.15) is 17.3 Å². The van der Waals surface area contributed by atoms with Crippen molar-refractivity contribution in [3.05, 3.63) is 59.9 Å². The highest BCUT2D eigenvalue weighted by Gasteiger charge is 2.15. The van der Waals surface area contributed by atoms with Crippen LogP contribution in [0.5, 0.6) is 5.75 Å². The van der Waals surface area contributed by atoms with Crippen LogP contribution in [-0.4, -0.2) is 18.5 Å². The van der Waals surface area contributed by atoms with Crippen molar-refractivity contribution < 1.29 is 18.7 Å². The van der Waals surface area contributed by atoms with Gasteiger partial charge in [0.15, 0.2) is 0 Å². The smallest absolute Gasteiger partial charge is 0.342 e. The average molecular weight is 306 g/mol. The Morgan fingerprint density at radius 1 is 1.19 bits per heavy atom. The Kier molecular flexibility index (Phi) is 5.63. The molecule has 0 saturated carbocycles. The molecule has 2 aromatic carbocycles. The Hall–Kier alpha value is -2.01. The number of carbonyl (C=O) groups excluding carboxylic acids is 1. The number of thioether (sulfide) groups is 1. The lowest BCUT2D eigenvalue weighted by Crippen LogP contribution is -2.08. The Labute approximate surface area is 127 Å². The monoisotopic (exact) mass is 306 g/mol. The quantitative estimate of drug-likeness (QED) is 0.457. The predicted molar refractivity (Wildman–Crippen MR) is 80.2 cm³/mol. The Morgan fingerprint density at radius 3 is 2.67 bits per heavy atom. The van der Waals surface area contributed by atoms with E-state index in [0.29, 0.717) is 11.7 Å². The molecule has 0 aliphatic carbocycles. The van der Waals surface area contributed by atoms with Gasteiger partial charge >= 0.3 is 5.97 Å². The Balaban J connectivity index is 2.03. The van der Waals surface area contributed by atoms with Crippen molar-refractivity contribution in [1.29, 1.82) is 0 Å². The van der Waals surface area contributed by atoms with Crippen molar-refractivity contribution in [2.24, 2.45) is 0 Å². The third-order valence-electron chi connectivity index (χ3n) is 2.62. The number of ether oxygens (including phenoxy) is 2. The topological polar surface area (TPSA) is 35.5 Å². The van der Waals surface area contributed by atoms with Crippen LogP contribution >= 0.6 is 11.8 Å². The summed E-state index contributed by atoms with van der Waals surface area (Å²) in [6, 6.07) is 13.5. The van der Waals surface area contributed by atoms with Gasteiger partial charge in [-0.2, -0.15) is 0 Å². The molecule has 0 aliphatic heterocycles. The van der Waals surface area contributed by atoms with Crippen molar-refractivity contribution in [2.75, 3.05) is 12.5 Å². The summed E-state index contributed by atoms with van der Waals surface area (Å²) in [5.41, 5.74) is 0.102. The summed E-state index contributed by atoms with van der Waals surface area (Å²) in [6.45, 7) is 1.93. The number of esters is 1. The maximum Gasteiger partial charge on any atom is 0.342 e. The highest BCUT2D eigenvalue weighted by molar-refractivity contribution is 7.99. The van der Waals surface area contributed by atoms with Gasteiger partial charge in [0.25, 0.3) is 0 Å². The van der Waals surface area contributed by atoms with Gasteiger partial charge in [-0.1, -0.05) is 30.0 Å². The second kappa shape index (κ2) is 7.69. The molecule has 3 nitrogen and oxygen atoms in total. The van der Waals surface area contributed by atoms with E-state index in [1.165, 1.54) is 23.9 Å². The maximum absolute atomic E-state index is 13.3. The molecule has 0 aliphatic rings. The van der Waals surface area contributed by atoms with Gasteiger partial charge in [-0.05, 0) is 37.3 Å². The molecule has 2 rings (SSSR count). The number of benzene rings is 2. The molecule has 0 fully saturated rings. The van der Waals surface area contributed by atoms with Gasteiger partial charge < -0.3 is 9.47 Å². The Morgan fingerprint density at radius 2 is 1.95 bits per heavy atom. The lowest BCUT2D eigenvalue weighted by Gasteiger charge is -2.10. The molecule has 0 aromatic heterocycles. The van der Waals surface area contributed by atoms with E-state index in [2.05, 4.69) is 0 Å². The van der Waals surface area contributed by atoms with Crippen LogP contribution in [0, 0.1) is 5.82 Å². The second-order valence-corrected chi connectivity index (χ2v) is 5.08. The summed E-state index contributed by atoms with van der Waals surface area (Å²) >= 11 is 1.49. The van der Waals surface area contributed by atoms with Crippen LogP contribution in [-0.2, 0) is 4.74 Å². The summed E-state index contributed by atoms with van der Waals surface area (Å²) in [7, 11) is 0. The third-order valence-corrected chi connectivity index (χ3v) is 3.46. The van der Waals surface area contributed by atoms with E-state index < -0.39 is 11.8 Å². The average Bonchev–Trinajstić information content (AvgIpc) is 2.50. The zero-order valence-corrected chi connectivity index (χ0v) is 12.4. The normalized spacial score (nSPS) is 10.2. The van der Waals surface area contributed by atoms with Crippen LogP contribution in [0.3, 0.4) is 0 Å². The highest BCUT2D eigenvalue weighted by atomic mass is 32.2. The van der Waals surface area contributed by atoms with Crippen LogP contribution in [0.2, 0.25) is 0 Å². The van der Waals surface area contributed by atoms with Gasteiger partial charge in [0, 0.05) is 4.90 Å². The molecule has 0 N–H and O–H groups in total. The van der Waals surface area contributed by atoms with E-state index >= 15 is 0 Å². The maximum atomic E-state index is 13.3. The van der Waals surface area contributed by atoms with E-state index in [4.69, 9.17) is 9.47 Å². The summed E-state index contributed by atoms with van der Waals surface area (Å²) in [5, 5.41) is 0. The second-order valence-electron chi connectivity index (χ2n) is 4.08. The lowest BCUT2D eigenvalue weighted by molar-refractivity contribution is 0.0522. The number of halogens is 1. The molecular formula is C16H15FO3S. The fourth-order valence-electron chi connectivity index (χ4n) is 1.67. The van der Waals surface area contributed by atoms with Gasteiger partial charge in [0.05, 0.1) is 6.61 Å². The summed E-state index contributed by atoms with van der Waals surface area (Å²) in [6.07, 6.45) is 0. The van der Waals surface area contributed by atoms with Gasteiger partial charge in [-0.15, -0.1) is 0 Å². The molecule has 110 valence electrons. The minimum absolute atomic E-state index is 0.102. The molecule has 0 bridgehead atoms. The van der Waals surface area contributed by atoms with E-state index in [9.17, 15) is 9.18 Å². The molecule has 0 saturated heterocycles. The molecule has 0 atom stereocenters. The van der Waals surface area contributed by atoms with Crippen LogP contribution in [0.25, 0.3) is 0 Å². The minimum Gasteiger partial charge on any atom is -0.482 e. The zero-order valence-electron chi connectivity index (χ0n) is 11.5. The van der Waals surface area contributed by atoms with E-state index in [1.807, 2.05) is 30.3 Å².